The van der Waals surface area contributed by atoms with Gasteiger partial charge in [0.1, 0.15) is 5.75 Å². The molecule has 0 aliphatic carbocycles. The predicted octanol–water partition coefficient (Wildman–Crippen LogP) is 4.22. The minimum atomic E-state index is -5.08. The average Bonchev–Trinajstić information content (AvgIpc) is 3.12. The van der Waals surface area contributed by atoms with Gasteiger partial charge in [-0.1, -0.05) is 0 Å². The van der Waals surface area contributed by atoms with Crippen molar-refractivity contribution in [3.05, 3.63) is 48.8 Å². The summed E-state index contributed by atoms with van der Waals surface area (Å²) in [5.74, 6) is -1.00. The molecule has 0 unspecified atom stereocenters. The number of carbonyl (C=O) groups is 1. The van der Waals surface area contributed by atoms with Gasteiger partial charge in [-0.2, -0.15) is 13.2 Å². The molecule has 2 aromatic heterocycles. The first kappa shape index (κ1) is 20.9. The van der Waals surface area contributed by atoms with Gasteiger partial charge in [0.05, 0.1) is 11.7 Å². The number of alkyl halides is 3. The van der Waals surface area contributed by atoms with Crippen molar-refractivity contribution in [3.8, 4) is 28.7 Å². The highest BCUT2D eigenvalue weighted by atomic mass is 19.4. The van der Waals surface area contributed by atoms with Crippen molar-refractivity contribution < 1.29 is 32.2 Å². The number of ether oxygens (including phenoxy) is 1. The van der Waals surface area contributed by atoms with Gasteiger partial charge in [0.15, 0.2) is 0 Å². The van der Waals surface area contributed by atoms with Gasteiger partial charge in [-0.3, -0.25) is 4.98 Å². The second-order valence-electron chi connectivity index (χ2n) is 5.65. The minimum absolute atomic E-state index is 0.149. The monoisotopic (exact) mass is 395 g/mol. The molecule has 3 rings (SSSR count). The Labute approximate surface area is 157 Å². The second kappa shape index (κ2) is 8.98. The number of aliphatic carboxylic acids is 1. The van der Waals surface area contributed by atoms with E-state index in [1.807, 2.05) is 50.2 Å². The smallest absolute Gasteiger partial charge is 0.490 e. The van der Waals surface area contributed by atoms with E-state index in [4.69, 9.17) is 19.1 Å². The van der Waals surface area contributed by atoms with Crippen LogP contribution in [0.1, 0.15) is 13.8 Å². The molecule has 1 N–H and O–H groups in total. The fourth-order valence-corrected chi connectivity index (χ4v) is 1.89. The van der Waals surface area contributed by atoms with Crippen LogP contribution in [0, 0.1) is 0 Å². The quantitative estimate of drug-likeness (QED) is 0.706. The number of pyridine rings is 1. The molecule has 28 heavy (non-hydrogen) atoms. The van der Waals surface area contributed by atoms with E-state index in [9.17, 15) is 13.2 Å². The SMILES string of the molecule is CC(C)Oc1ccc(-c2nnc(-c3cccnc3)o2)cc1.O=C(O)C(F)(F)F. The summed E-state index contributed by atoms with van der Waals surface area (Å²) >= 11 is 0. The van der Waals surface area contributed by atoms with E-state index < -0.39 is 12.1 Å². The van der Waals surface area contributed by atoms with E-state index >= 15 is 0 Å². The molecule has 0 spiro atoms. The van der Waals surface area contributed by atoms with Gasteiger partial charge in [0, 0.05) is 18.0 Å². The molecule has 3 aromatic rings. The Balaban J connectivity index is 0.000000345. The Morgan fingerprint density at radius 3 is 2.11 bits per heavy atom. The minimum Gasteiger partial charge on any atom is -0.491 e. The summed E-state index contributed by atoms with van der Waals surface area (Å²) in [6.45, 7) is 3.98. The normalized spacial score (nSPS) is 10.9. The first-order valence-electron chi connectivity index (χ1n) is 7.98. The van der Waals surface area contributed by atoms with Gasteiger partial charge in [-0.05, 0) is 50.2 Å². The van der Waals surface area contributed by atoms with Gasteiger partial charge in [0.25, 0.3) is 0 Å². The molecule has 1 aromatic carbocycles. The van der Waals surface area contributed by atoms with Crippen LogP contribution in [0.2, 0.25) is 0 Å². The van der Waals surface area contributed by atoms with E-state index in [1.54, 1.807) is 12.4 Å². The van der Waals surface area contributed by atoms with E-state index in [2.05, 4.69) is 15.2 Å². The second-order valence-corrected chi connectivity index (χ2v) is 5.65. The van der Waals surface area contributed by atoms with Crippen LogP contribution in [0.25, 0.3) is 22.9 Å². The lowest BCUT2D eigenvalue weighted by Gasteiger charge is -2.09. The molecule has 2 heterocycles. The van der Waals surface area contributed by atoms with Gasteiger partial charge in [-0.25, -0.2) is 4.79 Å². The Bertz CT molecular complexity index is 894. The molecule has 0 aliphatic heterocycles. The van der Waals surface area contributed by atoms with Crippen LogP contribution >= 0.6 is 0 Å². The van der Waals surface area contributed by atoms with Crippen LogP contribution in [-0.4, -0.2) is 38.5 Å². The molecule has 10 heteroatoms. The zero-order valence-electron chi connectivity index (χ0n) is 14.8. The third-order valence-corrected chi connectivity index (χ3v) is 3.05. The van der Waals surface area contributed by atoms with Crippen LogP contribution in [0.3, 0.4) is 0 Å². The van der Waals surface area contributed by atoms with Crippen molar-refractivity contribution in [2.75, 3.05) is 0 Å². The lowest BCUT2D eigenvalue weighted by Crippen LogP contribution is -2.21. The fraction of sp³-hybridized carbons (Fsp3) is 0.222. The van der Waals surface area contributed by atoms with E-state index in [-0.39, 0.29) is 6.10 Å². The summed E-state index contributed by atoms with van der Waals surface area (Å²) in [6, 6.07) is 11.3. The summed E-state index contributed by atoms with van der Waals surface area (Å²) in [5, 5.41) is 15.2. The van der Waals surface area contributed by atoms with Crippen molar-refractivity contribution in [1.29, 1.82) is 0 Å². The third-order valence-electron chi connectivity index (χ3n) is 3.05. The topological polar surface area (TPSA) is 98.3 Å². The van der Waals surface area contributed by atoms with Gasteiger partial charge < -0.3 is 14.3 Å². The molecular formula is C18H16F3N3O4. The maximum absolute atomic E-state index is 10.6. The van der Waals surface area contributed by atoms with Gasteiger partial charge in [-0.15, -0.1) is 10.2 Å². The zero-order valence-corrected chi connectivity index (χ0v) is 14.8. The standard InChI is InChI=1S/C16H15N3O2.C2HF3O2/c1-11(2)20-14-7-5-12(6-8-14)15-18-19-16(21-15)13-4-3-9-17-10-13;3-2(4,5)1(6)7/h3-11H,1-2H3;(H,6,7). The highest BCUT2D eigenvalue weighted by Crippen LogP contribution is 2.25. The number of rotatable bonds is 4. The van der Waals surface area contributed by atoms with Crippen molar-refractivity contribution in [3.63, 3.8) is 0 Å². The molecule has 148 valence electrons. The Morgan fingerprint density at radius 1 is 1.07 bits per heavy atom. The number of carboxylic acids is 1. The maximum atomic E-state index is 10.6. The summed E-state index contributed by atoms with van der Waals surface area (Å²) < 4.78 is 43.0. The molecule has 0 radical (unpaired) electrons. The van der Waals surface area contributed by atoms with Crippen LogP contribution in [0.5, 0.6) is 5.75 Å². The van der Waals surface area contributed by atoms with Crippen LogP contribution in [0.4, 0.5) is 13.2 Å². The lowest BCUT2D eigenvalue weighted by molar-refractivity contribution is -0.192. The van der Waals surface area contributed by atoms with Crippen LogP contribution in [-0.2, 0) is 4.79 Å². The summed E-state index contributed by atoms with van der Waals surface area (Å²) in [7, 11) is 0. The molecule has 0 aliphatic rings. The van der Waals surface area contributed by atoms with Crippen LogP contribution in [0.15, 0.2) is 53.2 Å². The van der Waals surface area contributed by atoms with Crippen molar-refractivity contribution >= 4 is 5.97 Å². The fourth-order valence-electron chi connectivity index (χ4n) is 1.89. The van der Waals surface area contributed by atoms with E-state index in [0.29, 0.717) is 11.8 Å². The summed E-state index contributed by atoms with van der Waals surface area (Å²) in [4.78, 5) is 12.9. The lowest BCUT2D eigenvalue weighted by atomic mass is 10.2. The number of carboxylic acid groups (broad SMARTS) is 1. The number of nitrogens with zero attached hydrogens (tertiary/aromatic N) is 3. The number of hydrogen-bond donors (Lipinski definition) is 1. The molecule has 0 fully saturated rings. The predicted molar refractivity (Wildman–Crippen MR) is 92.4 cm³/mol. The molecule has 0 bridgehead atoms. The first-order valence-corrected chi connectivity index (χ1v) is 7.98. The van der Waals surface area contributed by atoms with Crippen molar-refractivity contribution in [1.82, 2.24) is 15.2 Å². The largest absolute Gasteiger partial charge is 0.491 e. The van der Waals surface area contributed by atoms with Gasteiger partial charge in [0.2, 0.25) is 11.8 Å². The molecule has 0 amide bonds. The number of hydrogen-bond acceptors (Lipinski definition) is 6. The maximum Gasteiger partial charge on any atom is 0.490 e. The molecule has 0 saturated heterocycles. The highest BCUT2D eigenvalue weighted by molar-refractivity contribution is 5.73. The van der Waals surface area contributed by atoms with Crippen molar-refractivity contribution in [2.45, 2.75) is 26.1 Å². The number of benzene rings is 1. The Hall–Kier alpha value is -3.43. The zero-order chi connectivity index (χ0) is 20.7. The summed E-state index contributed by atoms with van der Waals surface area (Å²) in [6.07, 6.45) is -1.54. The molecular weight excluding hydrogens is 379 g/mol. The van der Waals surface area contributed by atoms with E-state index in [1.165, 1.54) is 0 Å². The van der Waals surface area contributed by atoms with E-state index in [0.717, 1.165) is 16.9 Å². The molecule has 7 nitrogen and oxygen atoms in total. The van der Waals surface area contributed by atoms with Crippen molar-refractivity contribution in [2.24, 2.45) is 0 Å². The average molecular weight is 395 g/mol. The number of aromatic nitrogens is 3. The third kappa shape index (κ3) is 6.08. The summed E-state index contributed by atoms with van der Waals surface area (Å²) in [5.41, 5.74) is 1.66. The van der Waals surface area contributed by atoms with Gasteiger partial charge >= 0.3 is 12.1 Å². The first-order chi connectivity index (χ1) is 13.2. The Morgan fingerprint density at radius 2 is 1.64 bits per heavy atom. The van der Waals surface area contributed by atoms with Crippen LogP contribution < -0.4 is 4.74 Å². The molecule has 0 atom stereocenters. The highest BCUT2D eigenvalue weighted by Gasteiger charge is 2.38. The molecule has 0 saturated carbocycles. The number of halogens is 3. The Kier molecular flexibility index (Phi) is 6.69.